The monoisotopic (exact) mass is 372 g/mol. The average Bonchev–Trinajstić information content (AvgIpc) is 3.00. The molecule has 4 rings (SSSR count). The number of amides is 1. The SMILES string of the molecule is Cc1cc(C(=O)Nc2c(C)cccc2C)nc(N2c3ccccc3CC2C)n1. The summed E-state index contributed by atoms with van der Waals surface area (Å²) in [6, 6.07) is 16.2. The van der Waals surface area contributed by atoms with E-state index in [0.717, 1.165) is 34.6 Å². The number of aryl methyl sites for hydroxylation is 3. The Balaban J connectivity index is 1.69. The molecule has 0 bridgehead atoms. The maximum absolute atomic E-state index is 12.9. The molecule has 0 spiro atoms. The van der Waals surface area contributed by atoms with Crippen LogP contribution < -0.4 is 10.2 Å². The highest BCUT2D eigenvalue weighted by Gasteiger charge is 2.29. The third-order valence-corrected chi connectivity index (χ3v) is 5.22. The molecule has 5 nitrogen and oxygen atoms in total. The highest BCUT2D eigenvalue weighted by Crippen LogP contribution is 2.36. The Morgan fingerprint density at radius 1 is 1.04 bits per heavy atom. The molecule has 142 valence electrons. The molecule has 5 heteroatoms. The van der Waals surface area contributed by atoms with Gasteiger partial charge in [0, 0.05) is 23.1 Å². The van der Waals surface area contributed by atoms with Crippen molar-refractivity contribution in [3.8, 4) is 0 Å². The number of rotatable bonds is 3. The van der Waals surface area contributed by atoms with E-state index in [1.165, 1.54) is 5.56 Å². The fourth-order valence-electron chi connectivity index (χ4n) is 3.84. The van der Waals surface area contributed by atoms with Crippen LogP contribution in [0, 0.1) is 20.8 Å². The summed E-state index contributed by atoms with van der Waals surface area (Å²) >= 11 is 0. The van der Waals surface area contributed by atoms with Crippen LogP contribution in [0.25, 0.3) is 0 Å². The Morgan fingerprint density at radius 3 is 2.50 bits per heavy atom. The van der Waals surface area contributed by atoms with Gasteiger partial charge in [0.2, 0.25) is 5.95 Å². The predicted octanol–water partition coefficient (Wildman–Crippen LogP) is 4.74. The molecule has 1 aromatic heterocycles. The third-order valence-electron chi connectivity index (χ3n) is 5.22. The van der Waals surface area contributed by atoms with Crippen LogP contribution in [0.4, 0.5) is 17.3 Å². The zero-order valence-corrected chi connectivity index (χ0v) is 16.7. The summed E-state index contributed by atoms with van der Waals surface area (Å²) in [5.74, 6) is 0.355. The molecule has 1 N–H and O–H groups in total. The quantitative estimate of drug-likeness (QED) is 0.722. The number of anilines is 3. The number of benzene rings is 2. The maximum Gasteiger partial charge on any atom is 0.274 e. The van der Waals surface area contributed by atoms with Crippen molar-refractivity contribution in [3.05, 3.63) is 76.6 Å². The summed E-state index contributed by atoms with van der Waals surface area (Å²) in [4.78, 5) is 24.3. The van der Waals surface area contributed by atoms with E-state index >= 15 is 0 Å². The number of carbonyl (C=O) groups is 1. The van der Waals surface area contributed by atoms with Gasteiger partial charge in [-0.25, -0.2) is 9.97 Å². The van der Waals surface area contributed by atoms with E-state index in [0.29, 0.717) is 11.6 Å². The molecule has 1 atom stereocenters. The van der Waals surface area contributed by atoms with Crippen molar-refractivity contribution in [1.82, 2.24) is 9.97 Å². The van der Waals surface area contributed by atoms with Crippen molar-refractivity contribution < 1.29 is 4.79 Å². The summed E-state index contributed by atoms with van der Waals surface area (Å²) in [5.41, 5.74) is 6.44. The fraction of sp³-hybridized carbons (Fsp3) is 0.261. The first-order chi connectivity index (χ1) is 13.4. The molecule has 0 radical (unpaired) electrons. The van der Waals surface area contributed by atoms with Gasteiger partial charge in [-0.3, -0.25) is 4.79 Å². The van der Waals surface area contributed by atoms with Gasteiger partial charge in [0.15, 0.2) is 0 Å². The zero-order chi connectivity index (χ0) is 19.8. The van der Waals surface area contributed by atoms with Crippen LogP contribution in [0.2, 0.25) is 0 Å². The molecule has 3 aromatic rings. The first-order valence-corrected chi connectivity index (χ1v) is 9.54. The number of fused-ring (bicyclic) bond motifs is 1. The average molecular weight is 372 g/mol. The molecular weight excluding hydrogens is 348 g/mol. The second-order valence-corrected chi connectivity index (χ2v) is 7.47. The third kappa shape index (κ3) is 3.24. The summed E-state index contributed by atoms with van der Waals surface area (Å²) in [6.07, 6.45) is 0.942. The number of hydrogen-bond donors (Lipinski definition) is 1. The number of aromatic nitrogens is 2. The molecule has 0 saturated heterocycles. The van der Waals surface area contributed by atoms with Crippen LogP contribution in [-0.4, -0.2) is 21.9 Å². The molecule has 1 aliphatic heterocycles. The Morgan fingerprint density at radius 2 is 1.75 bits per heavy atom. The van der Waals surface area contributed by atoms with E-state index in [-0.39, 0.29) is 11.9 Å². The van der Waals surface area contributed by atoms with E-state index in [9.17, 15) is 4.79 Å². The van der Waals surface area contributed by atoms with Gasteiger partial charge in [-0.15, -0.1) is 0 Å². The van der Waals surface area contributed by atoms with Crippen molar-refractivity contribution in [2.45, 2.75) is 40.2 Å². The minimum Gasteiger partial charge on any atom is -0.320 e. The Bertz CT molecular complexity index is 1040. The fourth-order valence-corrected chi connectivity index (χ4v) is 3.84. The molecular formula is C23H24N4O. The molecule has 1 amide bonds. The van der Waals surface area contributed by atoms with Crippen LogP contribution in [0.3, 0.4) is 0 Å². The van der Waals surface area contributed by atoms with Crippen molar-refractivity contribution in [3.63, 3.8) is 0 Å². The standard InChI is InChI=1S/C23H24N4O/c1-14-8-7-9-15(2)21(14)26-22(28)19-12-16(3)24-23(25-19)27-17(4)13-18-10-5-6-11-20(18)27/h5-12,17H,13H2,1-4H3,(H,26,28). The summed E-state index contributed by atoms with van der Waals surface area (Å²) in [6.45, 7) is 8.03. The maximum atomic E-state index is 12.9. The van der Waals surface area contributed by atoms with Crippen LogP contribution in [0.5, 0.6) is 0 Å². The lowest BCUT2D eigenvalue weighted by Crippen LogP contribution is -2.27. The molecule has 2 aromatic carbocycles. The van der Waals surface area contributed by atoms with Gasteiger partial charge < -0.3 is 10.2 Å². The lowest BCUT2D eigenvalue weighted by Gasteiger charge is -2.23. The first-order valence-electron chi connectivity index (χ1n) is 9.54. The van der Waals surface area contributed by atoms with Gasteiger partial charge in [-0.2, -0.15) is 0 Å². The van der Waals surface area contributed by atoms with E-state index < -0.39 is 0 Å². The normalized spacial score (nSPS) is 15.4. The van der Waals surface area contributed by atoms with Crippen LogP contribution in [-0.2, 0) is 6.42 Å². The molecule has 28 heavy (non-hydrogen) atoms. The number of hydrogen-bond acceptors (Lipinski definition) is 4. The van der Waals surface area contributed by atoms with Crippen LogP contribution in [0.15, 0.2) is 48.5 Å². The van der Waals surface area contributed by atoms with E-state index in [2.05, 4.69) is 45.3 Å². The van der Waals surface area contributed by atoms with Crippen molar-refractivity contribution in [2.24, 2.45) is 0 Å². The topological polar surface area (TPSA) is 58.1 Å². The lowest BCUT2D eigenvalue weighted by molar-refractivity contribution is 0.102. The summed E-state index contributed by atoms with van der Waals surface area (Å²) in [7, 11) is 0. The number of para-hydroxylation sites is 2. The van der Waals surface area contributed by atoms with Crippen LogP contribution >= 0.6 is 0 Å². The van der Waals surface area contributed by atoms with Gasteiger partial charge in [0.25, 0.3) is 5.91 Å². The lowest BCUT2D eigenvalue weighted by atomic mass is 10.1. The van der Waals surface area contributed by atoms with Gasteiger partial charge in [-0.05, 0) is 62.9 Å². The highest BCUT2D eigenvalue weighted by molar-refractivity contribution is 6.04. The molecule has 2 heterocycles. The Kier molecular flexibility index (Phi) is 4.59. The largest absolute Gasteiger partial charge is 0.320 e. The first kappa shape index (κ1) is 18.2. The molecule has 0 fully saturated rings. The molecule has 1 unspecified atom stereocenters. The molecule has 0 aliphatic carbocycles. The van der Waals surface area contributed by atoms with E-state index in [1.54, 1.807) is 6.07 Å². The van der Waals surface area contributed by atoms with Gasteiger partial charge in [-0.1, -0.05) is 36.4 Å². The summed E-state index contributed by atoms with van der Waals surface area (Å²) < 4.78 is 0. The highest BCUT2D eigenvalue weighted by atomic mass is 16.1. The van der Waals surface area contributed by atoms with Crippen molar-refractivity contribution in [2.75, 3.05) is 10.2 Å². The van der Waals surface area contributed by atoms with E-state index in [4.69, 9.17) is 0 Å². The van der Waals surface area contributed by atoms with Crippen molar-refractivity contribution in [1.29, 1.82) is 0 Å². The number of nitrogens with one attached hydrogen (secondary N) is 1. The molecule has 0 saturated carbocycles. The Hall–Kier alpha value is -3.21. The number of carbonyl (C=O) groups excluding carboxylic acids is 1. The second-order valence-electron chi connectivity index (χ2n) is 7.47. The van der Waals surface area contributed by atoms with Gasteiger partial charge in [0.05, 0.1) is 0 Å². The zero-order valence-electron chi connectivity index (χ0n) is 16.7. The van der Waals surface area contributed by atoms with Crippen molar-refractivity contribution >= 4 is 23.2 Å². The minimum absolute atomic E-state index is 0.218. The molecule has 1 aliphatic rings. The van der Waals surface area contributed by atoms with Crippen LogP contribution in [0.1, 0.15) is 39.8 Å². The summed E-state index contributed by atoms with van der Waals surface area (Å²) in [5, 5.41) is 3.02. The predicted molar refractivity (Wildman–Crippen MR) is 112 cm³/mol. The van der Waals surface area contributed by atoms with Gasteiger partial charge in [0.1, 0.15) is 5.69 Å². The van der Waals surface area contributed by atoms with Gasteiger partial charge >= 0.3 is 0 Å². The minimum atomic E-state index is -0.218. The smallest absolute Gasteiger partial charge is 0.274 e. The second kappa shape index (κ2) is 7.08. The van der Waals surface area contributed by atoms with E-state index in [1.807, 2.05) is 45.0 Å². The Labute approximate surface area is 165 Å². The number of nitrogens with zero attached hydrogens (tertiary/aromatic N) is 3.